The fourth-order valence-electron chi connectivity index (χ4n) is 1.18. The van der Waals surface area contributed by atoms with Gasteiger partial charge in [-0.3, -0.25) is 0 Å². The second-order valence-corrected chi connectivity index (χ2v) is 5.93. The summed E-state index contributed by atoms with van der Waals surface area (Å²) in [5.74, 6) is -5.02. The number of benzene rings is 1. The van der Waals surface area contributed by atoms with E-state index < -0.39 is 40.0 Å². The molecule has 0 saturated carbocycles. The quantitative estimate of drug-likeness (QED) is 0.720. The monoisotopic (exact) mass is 329 g/mol. The molecule has 0 aromatic heterocycles. The van der Waals surface area contributed by atoms with Crippen LogP contribution in [0.5, 0.6) is 0 Å². The van der Waals surface area contributed by atoms with Gasteiger partial charge in [0.15, 0.2) is 0 Å². The molecule has 0 amide bonds. The van der Waals surface area contributed by atoms with Crippen LogP contribution in [0.15, 0.2) is 23.1 Å². The van der Waals surface area contributed by atoms with E-state index in [1.807, 2.05) is 0 Å². The first-order valence-electron chi connectivity index (χ1n) is 5.10. The first-order chi connectivity index (χ1) is 9.09. The number of sulfonamides is 1. The Morgan fingerprint density at radius 1 is 1.40 bits per heavy atom. The molecule has 0 fully saturated rings. The van der Waals surface area contributed by atoms with Crippen molar-refractivity contribution in [3.8, 4) is 0 Å². The third kappa shape index (κ3) is 4.10. The Kier molecular flexibility index (Phi) is 5.03. The van der Waals surface area contributed by atoms with Gasteiger partial charge >= 0.3 is 5.97 Å². The van der Waals surface area contributed by atoms with Crippen LogP contribution in [-0.4, -0.2) is 43.7 Å². The summed E-state index contributed by atoms with van der Waals surface area (Å²) in [5.41, 5.74) is -0.358. The number of halogens is 3. The van der Waals surface area contributed by atoms with Gasteiger partial charge in [-0.2, -0.15) is 0 Å². The fraction of sp³-hybridized carbons (Fsp3) is 0.300. The van der Waals surface area contributed by atoms with E-state index >= 15 is 0 Å². The maximum absolute atomic E-state index is 12.8. The smallest absolute Gasteiger partial charge is 0.335 e. The van der Waals surface area contributed by atoms with Crippen LogP contribution >= 0.6 is 11.6 Å². The Balaban J connectivity index is 3.09. The van der Waals surface area contributed by atoms with Gasteiger partial charge in [0.05, 0.1) is 17.1 Å². The van der Waals surface area contributed by atoms with Crippen molar-refractivity contribution in [2.75, 3.05) is 13.2 Å². The van der Waals surface area contributed by atoms with E-state index in [1.165, 1.54) is 0 Å². The van der Waals surface area contributed by atoms with E-state index in [0.717, 1.165) is 18.2 Å². The molecule has 10 heteroatoms. The first kappa shape index (κ1) is 16.8. The Bertz CT molecular complexity index is 620. The number of carbonyl (C=O) groups is 1. The third-order valence-corrected chi connectivity index (χ3v) is 4.10. The molecule has 0 atom stereocenters. The first-order valence-corrected chi connectivity index (χ1v) is 6.96. The van der Waals surface area contributed by atoms with Crippen molar-refractivity contribution in [3.05, 3.63) is 28.8 Å². The second-order valence-electron chi connectivity index (χ2n) is 3.79. The van der Waals surface area contributed by atoms with Gasteiger partial charge in [0, 0.05) is 0 Å². The number of aliphatic hydroxyl groups is 1. The number of carboxylic acid groups (broad SMARTS) is 1. The predicted octanol–water partition coefficient (Wildman–Crippen LogP) is 0.944. The topological polar surface area (TPSA) is 104 Å². The van der Waals surface area contributed by atoms with Crippen LogP contribution in [0.2, 0.25) is 5.02 Å². The number of alkyl halides is 2. The van der Waals surface area contributed by atoms with Crippen LogP contribution < -0.4 is 4.72 Å². The zero-order chi connectivity index (χ0) is 15.6. The fourth-order valence-corrected chi connectivity index (χ4v) is 2.76. The number of aliphatic hydroxyl groups excluding tert-OH is 1. The summed E-state index contributed by atoms with van der Waals surface area (Å²) in [6, 6.07) is 2.86. The second kappa shape index (κ2) is 6.00. The number of hydrogen-bond acceptors (Lipinski definition) is 4. The van der Waals surface area contributed by atoms with Crippen LogP contribution in [0, 0.1) is 0 Å². The molecule has 0 heterocycles. The molecule has 20 heavy (non-hydrogen) atoms. The molecule has 6 nitrogen and oxygen atoms in total. The van der Waals surface area contributed by atoms with Crippen molar-refractivity contribution in [3.63, 3.8) is 0 Å². The molecule has 0 aliphatic heterocycles. The molecule has 0 bridgehead atoms. The number of rotatable bonds is 6. The molecular formula is C10H10ClF2NO5S. The molecule has 0 saturated heterocycles. The van der Waals surface area contributed by atoms with E-state index in [4.69, 9.17) is 21.8 Å². The van der Waals surface area contributed by atoms with Crippen LogP contribution in [0.3, 0.4) is 0 Å². The lowest BCUT2D eigenvalue weighted by atomic mass is 10.2. The Morgan fingerprint density at radius 2 is 2.00 bits per heavy atom. The minimum atomic E-state index is -4.43. The van der Waals surface area contributed by atoms with Gasteiger partial charge < -0.3 is 10.2 Å². The van der Waals surface area contributed by atoms with Gasteiger partial charge in [-0.25, -0.2) is 26.7 Å². The van der Waals surface area contributed by atoms with Crippen molar-refractivity contribution >= 4 is 27.6 Å². The van der Waals surface area contributed by atoms with Crippen molar-refractivity contribution in [1.29, 1.82) is 0 Å². The zero-order valence-electron chi connectivity index (χ0n) is 9.81. The molecule has 0 spiro atoms. The maximum Gasteiger partial charge on any atom is 0.335 e. The highest BCUT2D eigenvalue weighted by Gasteiger charge is 2.31. The van der Waals surface area contributed by atoms with Crippen LogP contribution in [-0.2, 0) is 10.0 Å². The van der Waals surface area contributed by atoms with E-state index in [1.54, 1.807) is 4.72 Å². The number of aromatic carboxylic acids is 1. The van der Waals surface area contributed by atoms with Crippen LogP contribution in [0.1, 0.15) is 10.4 Å². The predicted molar refractivity (Wildman–Crippen MR) is 65.6 cm³/mol. The maximum atomic E-state index is 12.8. The highest BCUT2D eigenvalue weighted by atomic mass is 35.5. The van der Waals surface area contributed by atoms with E-state index in [0.29, 0.717) is 0 Å². The zero-order valence-corrected chi connectivity index (χ0v) is 11.4. The van der Waals surface area contributed by atoms with Gasteiger partial charge in [0.1, 0.15) is 11.5 Å². The number of carboxylic acids is 1. The lowest BCUT2D eigenvalue weighted by molar-refractivity contribution is -0.0437. The highest BCUT2D eigenvalue weighted by Crippen LogP contribution is 2.23. The minimum absolute atomic E-state index is 0.310. The van der Waals surface area contributed by atoms with Crippen molar-refractivity contribution < 1.29 is 32.2 Å². The number of nitrogens with one attached hydrogen (secondary N) is 1. The molecule has 1 aromatic carbocycles. The third-order valence-electron chi connectivity index (χ3n) is 2.22. The SMILES string of the molecule is O=C(O)c1ccc(Cl)c(S(=O)(=O)NCC(F)(F)CO)c1. The summed E-state index contributed by atoms with van der Waals surface area (Å²) >= 11 is 5.62. The van der Waals surface area contributed by atoms with Crippen LogP contribution in [0.4, 0.5) is 8.78 Å². The Morgan fingerprint density at radius 3 is 2.50 bits per heavy atom. The summed E-state index contributed by atoms with van der Waals surface area (Å²) in [5, 5.41) is 16.8. The van der Waals surface area contributed by atoms with Gasteiger partial charge in [-0.1, -0.05) is 11.6 Å². The van der Waals surface area contributed by atoms with E-state index in [2.05, 4.69) is 0 Å². The van der Waals surface area contributed by atoms with Crippen molar-refractivity contribution in [2.24, 2.45) is 0 Å². The standard InChI is InChI=1S/C10H10ClF2NO5S/c11-7-2-1-6(9(16)17)3-8(7)20(18,19)14-4-10(12,13)5-15/h1-3,14-15H,4-5H2,(H,16,17). The van der Waals surface area contributed by atoms with E-state index in [9.17, 15) is 22.0 Å². The molecular weight excluding hydrogens is 320 g/mol. The normalized spacial score (nSPS) is 12.4. The minimum Gasteiger partial charge on any atom is -0.478 e. The molecule has 112 valence electrons. The largest absolute Gasteiger partial charge is 0.478 e. The molecule has 3 N–H and O–H groups in total. The molecule has 0 radical (unpaired) electrons. The van der Waals surface area contributed by atoms with Crippen LogP contribution in [0.25, 0.3) is 0 Å². The van der Waals surface area contributed by atoms with Gasteiger partial charge in [-0.05, 0) is 18.2 Å². The summed E-state index contributed by atoms with van der Waals surface area (Å²) < 4.78 is 50.7. The summed E-state index contributed by atoms with van der Waals surface area (Å²) in [4.78, 5) is 10.1. The van der Waals surface area contributed by atoms with Crippen molar-refractivity contribution in [1.82, 2.24) is 4.72 Å². The van der Waals surface area contributed by atoms with Gasteiger partial charge in [0.2, 0.25) is 10.0 Å². The molecule has 0 unspecified atom stereocenters. The highest BCUT2D eigenvalue weighted by molar-refractivity contribution is 7.89. The van der Waals surface area contributed by atoms with Gasteiger partial charge in [-0.15, -0.1) is 0 Å². The summed E-state index contributed by atoms with van der Waals surface area (Å²) in [6.07, 6.45) is 0. The molecule has 0 aliphatic rings. The Labute approximate surface area is 118 Å². The summed E-state index contributed by atoms with van der Waals surface area (Å²) in [7, 11) is -4.43. The molecule has 1 aromatic rings. The average molecular weight is 330 g/mol. The summed E-state index contributed by atoms with van der Waals surface area (Å²) in [6.45, 7) is -2.86. The van der Waals surface area contributed by atoms with E-state index in [-0.39, 0.29) is 10.6 Å². The molecule has 0 aliphatic carbocycles. The molecule has 1 rings (SSSR count). The lowest BCUT2D eigenvalue weighted by Gasteiger charge is -2.15. The average Bonchev–Trinajstić information content (AvgIpc) is 2.37. The number of hydrogen-bond donors (Lipinski definition) is 3. The van der Waals surface area contributed by atoms with Gasteiger partial charge in [0.25, 0.3) is 5.92 Å². The van der Waals surface area contributed by atoms with Crippen molar-refractivity contribution in [2.45, 2.75) is 10.8 Å². The lowest BCUT2D eigenvalue weighted by Crippen LogP contribution is -2.39. The Hall–Kier alpha value is -1.29.